The molecule has 0 spiro atoms. The summed E-state index contributed by atoms with van der Waals surface area (Å²) in [6.45, 7) is 4.33. The van der Waals surface area contributed by atoms with Crippen molar-refractivity contribution in [3.63, 3.8) is 0 Å². The molecule has 2 aromatic rings. The molecular weight excluding hydrogens is 304 g/mol. The Morgan fingerprint density at radius 1 is 1.38 bits per heavy atom. The van der Waals surface area contributed by atoms with E-state index < -0.39 is 6.10 Å². The molecule has 2 unspecified atom stereocenters. The number of nitrogens with one attached hydrogen (secondary N) is 1. The summed E-state index contributed by atoms with van der Waals surface area (Å²) < 4.78 is 11.2. The minimum Gasteiger partial charge on any atom is -0.389 e. The Kier molecular flexibility index (Phi) is 4.85. The summed E-state index contributed by atoms with van der Waals surface area (Å²) in [6.07, 6.45) is 3.00. The van der Waals surface area contributed by atoms with Gasteiger partial charge in [0.05, 0.1) is 25.4 Å². The van der Waals surface area contributed by atoms with Crippen LogP contribution in [0.5, 0.6) is 0 Å². The van der Waals surface area contributed by atoms with Crippen LogP contribution >= 0.6 is 0 Å². The number of fused-ring (bicyclic) bond motifs is 3. The molecule has 0 amide bonds. The second-order valence-electron chi connectivity index (χ2n) is 6.94. The van der Waals surface area contributed by atoms with Crippen LogP contribution in [-0.2, 0) is 22.4 Å². The van der Waals surface area contributed by atoms with Crippen molar-refractivity contribution in [2.45, 2.75) is 38.0 Å². The minimum atomic E-state index is -0.447. The van der Waals surface area contributed by atoms with E-state index in [-0.39, 0.29) is 6.10 Å². The van der Waals surface area contributed by atoms with E-state index in [9.17, 15) is 5.11 Å². The largest absolute Gasteiger partial charge is 0.389 e. The molecule has 1 aromatic carbocycles. The van der Waals surface area contributed by atoms with E-state index in [4.69, 9.17) is 9.47 Å². The molecule has 1 fully saturated rings. The normalized spacial score (nSPS) is 22.8. The second kappa shape index (κ2) is 7.23. The molecule has 2 N–H and O–H groups in total. The number of nitrogens with zero attached hydrogens (tertiary/aromatic N) is 1. The molecule has 24 heavy (non-hydrogen) atoms. The van der Waals surface area contributed by atoms with Gasteiger partial charge in [0.1, 0.15) is 0 Å². The molecule has 1 saturated heterocycles. The highest BCUT2D eigenvalue weighted by atomic mass is 16.5. The molecule has 0 aliphatic carbocycles. The van der Waals surface area contributed by atoms with E-state index in [1.54, 1.807) is 0 Å². The lowest BCUT2D eigenvalue weighted by Crippen LogP contribution is -2.38. The van der Waals surface area contributed by atoms with Crippen molar-refractivity contribution in [2.24, 2.45) is 0 Å². The minimum absolute atomic E-state index is 0.223. The van der Waals surface area contributed by atoms with Gasteiger partial charge in [-0.1, -0.05) is 18.2 Å². The molecule has 5 nitrogen and oxygen atoms in total. The number of H-pyrrole nitrogens is 1. The van der Waals surface area contributed by atoms with Gasteiger partial charge in [0.25, 0.3) is 0 Å². The van der Waals surface area contributed by atoms with E-state index >= 15 is 0 Å². The van der Waals surface area contributed by atoms with E-state index in [2.05, 4.69) is 34.1 Å². The van der Waals surface area contributed by atoms with Crippen molar-refractivity contribution in [3.8, 4) is 0 Å². The molecule has 4 rings (SSSR count). The maximum absolute atomic E-state index is 10.2. The Bertz CT molecular complexity index is 678. The van der Waals surface area contributed by atoms with Crippen LogP contribution < -0.4 is 0 Å². The number of benzene rings is 1. The van der Waals surface area contributed by atoms with Gasteiger partial charge < -0.3 is 19.6 Å². The topological polar surface area (TPSA) is 57.7 Å². The summed E-state index contributed by atoms with van der Waals surface area (Å²) in [5.41, 5.74) is 3.94. The summed E-state index contributed by atoms with van der Waals surface area (Å²) in [7, 11) is 0. The third-order valence-electron chi connectivity index (χ3n) is 5.07. The van der Waals surface area contributed by atoms with Crippen molar-refractivity contribution in [1.82, 2.24) is 9.88 Å². The molecule has 0 radical (unpaired) electrons. The molecule has 130 valence electrons. The highest BCUT2D eigenvalue weighted by Gasteiger charge is 2.22. The van der Waals surface area contributed by atoms with Crippen LogP contribution in [0.15, 0.2) is 24.3 Å². The van der Waals surface area contributed by atoms with Crippen molar-refractivity contribution in [2.75, 3.05) is 32.9 Å². The average molecular weight is 330 g/mol. The Hall–Kier alpha value is -1.40. The SMILES string of the molecule is OC(COCC1CCCO1)CN1CCc2c([nH]c3ccccc23)C1. The summed E-state index contributed by atoms with van der Waals surface area (Å²) in [5.74, 6) is 0. The zero-order valence-corrected chi connectivity index (χ0v) is 14.0. The number of aliphatic hydroxyl groups is 1. The van der Waals surface area contributed by atoms with E-state index in [1.807, 2.05) is 0 Å². The highest BCUT2D eigenvalue weighted by molar-refractivity contribution is 5.84. The first kappa shape index (κ1) is 16.1. The first-order valence-electron chi connectivity index (χ1n) is 8.98. The maximum atomic E-state index is 10.2. The standard InChI is InChI=1S/C19H26N2O3/c22-14(12-23-13-15-4-3-9-24-15)10-21-8-7-17-16-5-1-2-6-18(16)20-19(17)11-21/h1-2,5-6,14-15,20,22H,3-4,7-13H2. The van der Waals surface area contributed by atoms with Crippen LogP contribution in [0.4, 0.5) is 0 Å². The number of aromatic nitrogens is 1. The molecule has 2 aliphatic heterocycles. The molecule has 2 atom stereocenters. The summed E-state index contributed by atoms with van der Waals surface area (Å²) in [6, 6.07) is 8.48. The lowest BCUT2D eigenvalue weighted by molar-refractivity contribution is -0.0262. The molecule has 0 saturated carbocycles. The number of rotatable bonds is 6. The van der Waals surface area contributed by atoms with Gasteiger partial charge in [-0.15, -0.1) is 0 Å². The molecular formula is C19H26N2O3. The van der Waals surface area contributed by atoms with Crippen LogP contribution in [0, 0.1) is 0 Å². The first-order chi connectivity index (χ1) is 11.8. The molecule has 1 aromatic heterocycles. The molecule has 0 bridgehead atoms. The van der Waals surface area contributed by atoms with Crippen LogP contribution in [0.3, 0.4) is 0 Å². The third kappa shape index (κ3) is 3.49. The highest BCUT2D eigenvalue weighted by Crippen LogP contribution is 2.27. The first-order valence-corrected chi connectivity index (χ1v) is 8.98. The van der Waals surface area contributed by atoms with E-state index in [1.165, 1.54) is 22.2 Å². The fourth-order valence-corrected chi connectivity index (χ4v) is 3.87. The summed E-state index contributed by atoms with van der Waals surface area (Å²) >= 11 is 0. The van der Waals surface area contributed by atoms with Gasteiger partial charge in [0.2, 0.25) is 0 Å². The Morgan fingerprint density at radius 3 is 3.17 bits per heavy atom. The summed E-state index contributed by atoms with van der Waals surface area (Å²) in [5, 5.41) is 11.6. The van der Waals surface area contributed by atoms with Crippen molar-refractivity contribution in [3.05, 3.63) is 35.5 Å². The fourth-order valence-electron chi connectivity index (χ4n) is 3.87. The van der Waals surface area contributed by atoms with Gasteiger partial charge in [0.15, 0.2) is 0 Å². The lowest BCUT2D eigenvalue weighted by atomic mass is 10.0. The van der Waals surface area contributed by atoms with Gasteiger partial charge in [-0.05, 0) is 30.9 Å². The maximum Gasteiger partial charge on any atom is 0.0900 e. The van der Waals surface area contributed by atoms with Gasteiger partial charge in [-0.2, -0.15) is 0 Å². The Morgan fingerprint density at radius 2 is 2.29 bits per heavy atom. The van der Waals surface area contributed by atoms with Crippen LogP contribution in [0.2, 0.25) is 0 Å². The number of β-amino-alcohol motifs (C(OH)–C–C–N with tert-alkyl or cyclic N) is 1. The third-order valence-corrected chi connectivity index (χ3v) is 5.07. The van der Waals surface area contributed by atoms with Crippen molar-refractivity contribution < 1.29 is 14.6 Å². The number of aromatic amines is 1. The zero-order valence-electron chi connectivity index (χ0n) is 14.0. The Labute approximate surface area is 142 Å². The van der Waals surface area contributed by atoms with E-state index in [0.29, 0.717) is 19.8 Å². The fraction of sp³-hybridized carbons (Fsp3) is 0.579. The monoisotopic (exact) mass is 330 g/mol. The smallest absolute Gasteiger partial charge is 0.0900 e. The van der Waals surface area contributed by atoms with Gasteiger partial charge in [-0.25, -0.2) is 0 Å². The predicted molar refractivity (Wildman–Crippen MR) is 93.1 cm³/mol. The summed E-state index contributed by atoms with van der Waals surface area (Å²) in [4.78, 5) is 5.83. The van der Waals surface area contributed by atoms with Crippen LogP contribution in [0.1, 0.15) is 24.1 Å². The number of ether oxygens (including phenoxy) is 2. The zero-order chi connectivity index (χ0) is 16.4. The van der Waals surface area contributed by atoms with Crippen LogP contribution in [0.25, 0.3) is 10.9 Å². The number of hydrogen-bond donors (Lipinski definition) is 2. The van der Waals surface area contributed by atoms with E-state index in [0.717, 1.165) is 39.0 Å². The van der Waals surface area contributed by atoms with Crippen molar-refractivity contribution in [1.29, 1.82) is 0 Å². The second-order valence-corrected chi connectivity index (χ2v) is 6.94. The Balaban J connectivity index is 1.28. The molecule has 3 heterocycles. The molecule has 5 heteroatoms. The van der Waals surface area contributed by atoms with Gasteiger partial charge in [-0.3, -0.25) is 4.90 Å². The van der Waals surface area contributed by atoms with Crippen LogP contribution in [-0.4, -0.2) is 60.1 Å². The van der Waals surface area contributed by atoms with Gasteiger partial charge >= 0.3 is 0 Å². The van der Waals surface area contributed by atoms with Crippen molar-refractivity contribution >= 4 is 10.9 Å². The van der Waals surface area contributed by atoms with Gasteiger partial charge in [0, 0.05) is 42.8 Å². The number of hydrogen-bond acceptors (Lipinski definition) is 4. The molecule has 2 aliphatic rings. The number of aliphatic hydroxyl groups excluding tert-OH is 1. The average Bonchev–Trinajstić information content (AvgIpc) is 3.21. The predicted octanol–water partition coefficient (Wildman–Crippen LogP) is 2.08. The number of para-hydroxylation sites is 1. The lowest BCUT2D eigenvalue weighted by Gasteiger charge is -2.28. The quantitative estimate of drug-likeness (QED) is 0.851.